The van der Waals surface area contributed by atoms with Crippen molar-refractivity contribution in [2.45, 2.75) is 13.3 Å². The van der Waals surface area contributed by atoms with Crippen molar-refractivity contribution in [1.82, 2.24) is 0 Å². The highest BCUT2D eigenvalue weighted by atomic mass is 16.6. The van der Waals surface area contributed by atoms with Crippen molar-refractivity contribution in [3.05, 3.63) is 5.21 Å². The van der Waals surface area contributed by atoms with Crippen molar-refractivity contribution in [3.8, 4) is 0 Å². The van der Waals surface area contributed by atoms with Crippen molar-refractivity contribution >= 4 is 5.97 Å². The average molecular weight is 203 g/mol. The van der Waals surface area contributed by atoms with Crippen LogP contribution in [0.25, 0.3) is 0 Å². The minimum absolute atomic E-state index is 0.206. The third-order valence-electron chi connectivity index (χ3n) is 2.32. The lowest BCUT2D eigenvalue weighted by atomic mass is 10.3. The molecule has 0 unspecified atom stereocenters. The molecular weight excluding hydrogens is 186 g/mol. The van der Waals surface area contributed by atoms with Gasteiger partial charge in [0.25, 0.3) is 0 Å². The molecule has 1 saturated heterocycles. The van der Waals surface area contributed by atoms with Gasteiger partial charge in [-0.1, -0.05) is 0 Å². The maximum Gasteiger partial charge on any atom is 0.311 e. The van der Waals surface area contributed by atoms with E-state index in [-0.39, 0.29) is 17.0 Å². The molecule has 1 rings (SSSR count). The molecule has 5 heteroatoms. The Morgan fingerprint density at radius 1 is 1.50 bits per heavy atom. The molecule has 0 aromatic rings. The molecule has 0 aliphatic carbocycles. The number of hydrogen-bond acceptors (Lipinski definition) is 4. The first-order chi connectivity index (χ1) is 6.66. The van der Waals surface area contributed by atoms with E-state index in [1.165, 1.54) is 0 Å². The normalized spacial score (nSPS) is 20.4. The number of rotatable bonds is 4. The summed E-state index contributed by atoms with van der Waals surface area (Å²) in [7, 11) is 0. The number of carbonyl (C=O) groups excluding carboxylic acids is 1. The van der Waals surface area contributed by atoms with Gasteiger partial charge in [0.05, 0.1) is 32.8 Å². The van der Waals surface area contributed by atoms with Gasteiger partial charge in [-0.05, 0) is 6.92 Å². The van der Waals surface area contributed by atoms with Crippen LogP contribution in [0.15, 0.2) is 0 Å². The standard InChI is InChI=1S/C9H17NO4/c1-2-14-9(11)3-4-10(12)5-7-13-8-6-10/h2-8H2,1H3. The molecule has 0 atom stereocenters. The molecule has 1 fully saturated rings. The van der Waals surface area contributed by atoms with E-state index in [9.17, 15) is 10.0 Å². The van der Waals surface area contributed by atoms with Crippen LogP contribution in [0.1, 0.15) is 13.3 Å². The van der Waals surface area contributed by atoms with Crippen LogP contribution in [0.3, 0.4) is 0 Å². The molecule has 82 valence electrons. The Kier molecular flexibility index (Phi) is 4.31. The topological polar surface area (TPSA) is 58.6 Å². The van der Waals surface area contributed by atoms with Crippen molar-refractivity contribution < 1.29 is 18.9 Å². The first kappa shape index (κ1) is 11.4. The molecule has 1 heterocycles. The molecule has 5 nitrogen and oxygen atoms in total. The maximum absolute atomic E-state index is 11.9. The minimum Gasteiger partial charge on any atom is -0.633 e. The molecule has 0 N–H and O–H groups in total. The first-order valence-electron chi connectivity index (χ1n) is 4.97. The predicted molar refractivity (Wildman–Crippen MR) is 50.3 cm³/mol. The van der Waals surface area contributed by atoms with Crippen molar-refractivity contribution in [1.29, 1.82) is 0 Å². The monoisotopic (exact) mass is 203 g/mol. The summed E-state index contributed by atoms with van der Waals surface area (Å²) in [6, 6.07) is 0. The predicted octanol–water partition coefficient (Wildman–Crippen LogP) is 0.284. The third kappa shape index (κ3) is 3.61. The van der Waals surface area contributed by atoms with Crippen LogP contribution in [-0.2, 0) is 14.3 Å². The van der Waals surface area contributed by atoms with Gasteiger partial charge in [0.2, 0.25) is 0 Å². The fourth-order valence-electron chi connectivity index (χ4n) is 1.43. The summed E-state index contributed by atoms with van der Waals surface area (Å²) in [5.41, 5.74) is 0. The number of quaternary nitrogens is 1. The highest BCUT2D eigenvalue weighted by molar-refractivity contribution is 5.69. The molecule has 0 radical (unpaired) electrons. The van der Waals surface area contributed by atoms with E-state index in [2.05, 4.69) is 0 Å². The summed E-state index contributed by atoms with van der Waals surface area (Å²) in [5, 5.41) is 11.9. The van der Waals surface area contributed by atoms with E-state index in [0.29, 0.717) is 39.5 Å². The number of carbonyl (C=O) groups is 1. The largest absolute Gasteiger partial charge is 0.633 e. The summed E-state index contributed by atoms with van der Waals surface area (Å²) < 4.78 is 9.53. The molecule has 14 heavy (non-hydrogen) atoms. The Hall–Kier alpha value is -0.650. The van der Waals surface area contributed by atoms with Crippen LogP contribution in [0.4, 0.5) is 0 Å². The molecule has 0 spiro atoms. The summed E-state index contributed by atoms with van der Waals surface area (Å²) >= 11 is 0. The first-order valence-corrected chi connectivity index (χ1v) is 4.97. The summed E-state index contributed by atoms with van der Waals surface area (Å²) in [4.78, 5) is 11.0. The minimum atomic E-state index is -0.321. The fourth-order valence-corrected chi connectivity index (χ4v) is 1.43. The average Bonchev–Trinajstić information content (AvgIpc) is 2.17. The number of esters is 1. The third-order valence-corrected chi connectivity index (χ3v) is 2.32. The van der Waals surface area contributed by atoms with Crippen LogP contribution < -0.4 is 0 Å². The van der Waals surface area contributed by atoms with Crippen LogP contribution in [0.5, 0.6) is 0 Å². The summed E-state index contributed by atoms with van der Waals surface area (Å²) in [6.45, 7) is 4.31. The number of ether oxygens (including phenoxy) is 2. The molecule has 1 aliphatic heterocycles. The number of morpholine rings is 1. The van der Waals surface area contributed by atoms with Gasteiger partial charge in [-0.25, -0.2) is 0 Å². The summed E-state index contributed by atoms with van der Waals surface area (Å²) in [5.74, 6) is -0.285. The molecule has 0 amide bonds. The smallest absolute Gasteiger partial charge is 0.311 e. The van der Waals surface area contributed by atoms with Gasteiger partial charge in [0, 0.05) is 0 Å². The van der Waals surface area contributed by atoms with Gasteiger partial charge in [-0.15, -0.1) is 0 Å². The van der Waals surface area contributed by atoms with Gasteiger partial charge in [-0.2, -0.15) is 0 Å². The number of nitrogens with zero attached hydrogens (tertiary/aromatic N) is 1. The Morgan fingerprint density at radius 3 is 2.71 bits per heavy atom. The zero-order chi connectivity index (χ0) is 10.4. The fraction of sp³-hybridized carbons (Fsp3) is 0.889. The van der Waals surface area contributed by atoms with Crippen LogP contribution in [0.2, 0.25) is 0 Å². The van der Waals surface area contributed by atoms with E-state index in [4.69, 9.17) is 9.47 Å². The molecule has 0 bridgehead atoms. The van der Waals surface area contributed by atoms with E-state index < -0.39 is 0 Å². The van der Waals surface area contributed by atoms with Crippen LogP contribution in [0, 0.1) is 5.21 Å². The Labute approximate surface area is 83.8 Å². The van der Waals surface area contributed by atoms with Gasteiger partial charge in [-0.3, -0.25) is 4.79 Å². The quantitative estimate of drug-likeness (QED) is 0.374. The molecule has 0 aromatic heterocycles. The maximum atomic E-state index is 11.9. The second-order valence-corrected chi connectivity index (χ2v) is 3.40. The van der Waals surface area contributed by atoms with E-state index >= 15 is 0 Å². The Morgan fingerprint density at radius 2 is 2.14 bits per heavy atom. The lowest BCUT2D eigenvalue weighted by Gasteiger charge is -2.44. The molecule has 0 aromatic carbocycles. The lowest BCUT2D eigenvalue weighted by molar-refractivity contribution is -0.888. The van der Waals surface area contributed by atoms with E-state index in [1.54, 1.807) is 6.92 Å². The number of hydrogen-bond donors (Lipinski definition) is 0. The zero-order valence-electron chi connectivity index (χ0n) is 8.53. The number of hydroxylamine groups is 3. The SMILES string of the molecule is CCOC(=O)CC[N+]1([O-])CCOCC1. The van der Waals surface area contributed by atoms with E-state index in [1.807, 2.05) is 0 Å². The molecule has 0 saturated carbocycles. The van der Waals surface area contributed by atoms with E-state index in [0.717, 1.165) is 0 Å². The van der Waals surface area contributed by atoms with Crippen LogP contribution >= 0.6 is 0 Å². The van der Waals surface area contributed by atoms with Gasteiger partial charge >= 0.3 is 5.97 Å². The second-order valence-electron chi connectivity index (χ2n) is 3.40. The molecule has 1 aliphatic rings. The van der Waals surface area contributed by atoms with Gasteiger partial charge in [0.15, 0.2) is 0 Å². The highest BCUT2D eigenvalue weighted by Crippen LogP contribution is 2.10. The van der Waals surface area contributed by atoms with Crippen molar-refractivity contribution in [2.75, 3.05) is 39.5 Å². The van der Waals surface area contributed by atoms with Crippen molar-refractivity contribution in [3.63, 3.8) is 0 Å². The Balaban J connectivity index is 2.24. The van der Waals surface area contributed by atoms with Gasteiger partial charge < -0.3 is 19.3 Å². The lowest BCUT2D eigenvalue weighted by Crippen LogP contribution is -2.51. The Bertz CT molecular complexity index is 189. The second kappa shape index (κ2) is 5.29. The molecular formula is C9H17NO4. The summed E-state index contributed by atoms with van der Waals surface area (Å²) in [6.07, 6.45) is 0.206. The zero-order valence-corrected chi connectivity index (χ0v) is 8.53. The van der Waals surface area contributed by atoms with Crippen LogP contribution in [-0.4, -0.2) is 50.1 Å². The highest BCUT2D eigenvalue weighted by Gasteiger charge is 2.22. The van der Waals surface area contributed by atoms with Gasteiger partial charge in [0.1, 0.15) is 13.1 Å². The van der Waals surface area contributed by atoms with Crippen molar-refractivity contribution in [2.24, 2.45) is 0 Å².